The van der Waals surface area contributed by atoms with Crippen LogP contribution in [0.15, 0.2) is 67.0 Å². The van der Waals surface area contributed by atoms with Crippen LogP contribution in [0.4, 0.5) is 0 Å². The lowest BCUT2D eigenvalue weighted by molar-refractivity contribution is 0.0420. The summed E-state index contributed by atoms with van der Waals surface area (Å²) < 4.78 is 5.91. The molecule has 0 aliphatic carbocycles. The minimum absolute atomic E-state index is 0.306. The van der Waals surface area contributed by atoms with Gasteiger partial charge in [0.2, 0.25) is 0 Å². The van der Waals surface area contributed by atoms with E-state index in [1.54, 1.807) is 6.20 Å². The Bertz CT molecular complexity index is 947. The molecule has 0 spiro atoms. The van der Waals surface area contributed by atoms with Gasteiger partial charge in [-0.25, -0.2) is 0 Å². The first kappa shape index (κ1) is 19.6. The Morgan fingerprint density at radius 1 is 1.11 bits per heavy atom. The van der Waals surface area contributed by atoms with Crippen LogP contribution in [0.5, 0.6) is 5.75 Å². The molecule has 1 heterocycles. The molecule has 0 saturated carbocycles. The second kappa shape index (κ2) is 9.16. The molecule has 1 aromatic heterocycles. The molecule has 0 fully saturated rings. The van der Waals surface area contributed by atoms with Crippen LogP contribution in [0.1, 0.15) is 30.0 Å². The summed E-state index contributed by atoms with van der Waals surface area (Å²) in [6.07, 6.45) is 4.09. The molecule has 4 heteroatoms. The molecule has 142 valence electrons. The number of aliphatic hydroxyl groups excluding tert-OH is 1. The summed E-state index contributed by atoms with van der Waals surface area (Å²) in [5.41, 5.74) is 4.89. The van der Waals surface area contributed by atoms with E-state index in [0.717, 1.165) is 34.4 Å². The van der Waals surface area contributed by atoms with Gasteiger partial charge >= 0.3 is 0 Å². The maximum absolute atomic E-state index is 10.4. The summed E-state index contributed by atoms with van der Waals surface area (Å²) in [7, 11) is 0. The topological polar surface area (TPSA) is 66.1 Å². The van der Waals surface area contributed by atoms with Crippen molar-refractivity contribution in [2.24, 2.45) is 0 Å². The largest absolute Gasteiger partial charge is 0.488 e. The molecular weight excluding hydrogens is 348 g/mol. The van der Waals surface area contributed by atoms with Gasteiger partial charge in [-0.3, -0.25) is 4.98 Å². The van der Waals surface area contributed by atoms with E-state index < -0.39 is 6.10 Å². The predicted octanol–water partition coefficient (Wildman–Crippen LogP) is 4.69. The maximum atomic E-state index is 10.4. The standard InChI is InChI=1S/C24H24N2O2/c1-17-14-21(6-7-22(17)15-25)20-8-10-23(11-9-20)28-18(2)24(27)12-5-19-4-3-13-26-16-19/h3-4,6-11,13-14,16,18,24,27H,5,12H2,1-2H3/t18-,24+/m0/s1. The number of pyridine rings is 1. The molecular formula is C24H24N2O2. The first-order chi connectivity index (χ1) is 13.6. The van der Waals surface area contributed by atoms with Gasteiger partial charge in [-0.15, -0.1) is 0 Å². The van der Waals surface area contributed by atoms with Crippen LogP contribution in [0.2, 0.25) is 0 Å². The summed E-state index contributed by atoms with van der Waals surface area (Å²) in [6, 6.07) is 19.7. The summed E-state index contributed by atoms with van der Waals surface area (Å²) in [5.74, 6) is 0.724. The number of nitriles is 1. The van der Waals surface area contributed by atoms with Crippen molar-refractivity contribution < 1.29 is 9.84 Å². The Labute approximate surface area is 166 Å². The molecule has 2 aromatic carbocycles. The van der Waals surface area contributed by atoms with Crippen molar-refractivity contribution >= 4 is 0 Å². The molecule has 4 nitrogen and oxygen atoms in total. The van der Waals surface area contributed by atoms with Crippen LogP contribution >= 0.6 is 0 Å². The highest BCUT2D eigenvalue weighted by atomic mass is 16.5. The number of hydrogen-bond acceptors (Lipinski definition) is 4. The van der Waals surface area contributed by atoms with Crippen molar-refractivity contribution in [3.05, 3.63) is 83.7 Å². The van der Waals surface area contributed by atoms with Crippen LogP contribution in [0, 0.1) is 18.3 Å². The first-order valence-corrected chi connectivity index (χ1v) is 9.41. The number of nitrogens with zero attached hydrogens (tertiary/aromatic N) is 2. The smallest absolute Gasteiger partial charge is 0.122 e. The average Bonchev–Trinajstić information content (AvgIpc) is 2.73. The van der Waals surface area contributed by atoms with Gasteiger partial charge in [0.15, 0.2) is 0 Å². The van der Waals surface area contributed by atoms with Gasteiger partial charge in [0, 0.05) is 12.4 Å². The third kappa shape index (κ3) is 4.97. The average molecular weight is 372 g/mol. The SMILES string of the molecule is Cc1cc(-c2ccc(O[C@@H](C)[C@H](O)CCc3cccnc3)cc2)ccc1C#N. The minimum atomic E-state index is -0.555. The van der Waals surface area contributed by atoms with Gasteiger partial charge in [0.05, 0.1) is 17.7 Å². The van der Waals surface area contributed by atoms with E-state index in [-0.39, 0.29) is 6.10 Å². The third-order valence-corrected chi connectivity index (χ3v) is 4.85. The molecule has 3 rings (SSSR count). The quantitative estimate of drug-likeness (QED) is 0.653. The lowest BCUT2D eigenvalue weighted by Gasteiger charge is -2.20. The van der Waals surface area contributed by atoms with E-state index in [0.29, 0.717) is 12.0 Å². The van der Waals surface area contributed by atoms with Gasteiger partial charge in [0.1, 0.15) is 11.9 Å². The highest BCUT2D eigenvalue weighted by Crippen LogP contribution is 2.25. The number of aryl methyl sites for hydroxylation is 2. The van der Waals surface area contributed by atoms with Crippen molar-refractivity contribution in [3.63, 3.8) is 0 Å². The molecule has 3 aromatic rings. The highest BCUT2D eigenvalue weighted by Gasteiger charge is 2.16. The van der Waals surface area contributed by atoms with E-state index >= 15 is 0 Å². The van der Waals surface area contributed by atoms with Crippen LogP contribution in [0.25, 0.3) is 11.1 Å². The lowest BCUT2D eigenvalue weighted by Crippen LogP contribution is -2.29. The van der Waals surface area contributed by atoms with Gasteiger partial charge in [-0.2, -0.15) is 5.26 Å². The van der Waals surface area contributed by atoms with E-state index in [1.807, 2.05) is 74.6 Å². The van der Waals surface area contributed by atoms with Crippen LogP contribution < -0.4 is 4.74 Å². The van der Waals surface area contributed by atoms with E-state index in [9.17, 15) is 5.11 Å². The maximum Gasteiger partial charge on any atom is 0.122 e. The molecule has 2 atom stereocenters. The number of aliphatic hydroxyl groups is 1. The van der Waals surface area contributed by atoms with Crippen molar-refractivity contribution in [1.82, 2.24) is 4.98 Å². The van der Waals surface area contributed by atoms with Gasteiger partial charge in [0.25, 0.3) is 0 Å². The fraction of sp³-hybridized carbons (Fsp3) is 0.250. The molecule has 0 amide bonds. The van der Waals surface area contributed by atoms with Gasteiger partial charge < -0.3 is 9.84 Å². The number of aromatic nitrogens is 1. The Morgan fingerprint density at radius 3 is 2.50 bits per heavy atom. The molecule has 0 saturated heterocycles. The summed E-state index contributed by atoms with van der Waals surface area (Å²) in [4.78, 5) is 4.09. The van der Waals surface area contributed by atoms with Crippen molar-refractivity contribution in [1.29, 1.82) is 5.26 Å². The Kier molecular flexibility index (Phi) is 6.41. The van der Waals surface area contributed by atoms with E-state index in [1.165, 1.54) is 0 Å². The Morgan fingerprint density at radius 2 is 1.86 bits per heavy atom. The minimum Gasteiger partial charge on any atom is -0.488 e. The second-order valence-electron chi connectivity index (χ2n) is 6.96. The van der Waals surface area contributed by atoms with Crippen LogP contribution in [-0.4, -0.2) is 22.3 Å². The summed E-state index contributed by atoms with van der Waals surface area (Å²) in [6.45, 7) is 3.82. The zero-order chi connectivity index (χ0) is 19.9. The van der Waals surface area contributed by atoms with Crippen molar-refractivity contribution in [3.8, 4) is 22.9 Å². The second-order valence-corrected chi connectivity index (χ2v) is 6.96. The Hall–Kier alpha value is -3.16. The first-order valence-electron chi connectivity index (χ1n) is 9.41. The van der Waals surface area contributed by atoms with Crippen molar-refractivity contribution in [2.75, 3.05) is 0 Å². The number of hydrogen-bond donors (Lipinski definition) is 1. The fourth-order valence-corrected chi connectivity index (χ4v) is 3.08. The summed E-state index contributed by atoms with van der Waals surface area (Å²) >= 11 is 0. The van der Waals surface area contributed by atoms with Crippen LogP contribution in [-0.2, 0) is 6.42 Å². The van der Waals surface area contributed by atoms with Crippen molar-refractivity contribution in [2.45, 2.75) is 38.9 Å². The Balaban J connectivity index is 1.59. The monoisotopic (exact) mass is 372 g/mol. The molecule has 28 heavy (non-hydrogen) atoms. The van der Waals surface area contributed by atoms with E-state index in [2.05, 4.69) is 11.1 Å². The zero-order valence-corrected chi connectivity index (χ0v) is 16.2. The molecule has 0 aliphatic heterocycles. The number of rotatable bonds is 7. The number of benzene rings is 2. The third-order valence-electron chi connectivity index (χ3n) is 4.85. The molecule has 1 N–H and O–H groups in total. The van der Waals surface area contributed by atoms with Gasteiger partial charge in [-0.05, 0) is 73.2 Å². The van der Waals surface area contributed by atoms with E-state index in [4.69, 9.17) is 10.00 Å². The molecule has 0 unspecified atom stereocenters. The summed E-state index contributed by atoms with van der Waals surface area (Å²) in [5, 5.41) is 19.4. The number of ether oxygens (including phenoxy) is 1. The highest BCUT2D eigenvalue weighted by molar-refractivity contribution is 5.66. The van der Waals surface area contributed by atoms with Crippen LogP contribution in [0.3, 0.4) is 0 Å². The predicted molar refractivity (Wildman–Crippen MR) is 110 cm³/mol. The fourth-order valence-electron chi connectivity index (χ4n) is 3.08. The molecule has 0 aliphatic rings. The molecule has 0 bridgehead atoms. The normalized spacial score (nSPS) is 12.8. The zero-order valence-electron chi connectivity index (χ0n) is 16.2. The molecule has 0 radical (unpaired) electrons. The van der Waals surface area contributed by atoms with Gasteiger partial charge in [-0.1, -0.05) is 30.3 Å². The lowest BCUT2D eigenvalue weighted by atomic mass is 10.0.